The van der Waals surface area contributed by atoms with Gasteiger partial charge in [0.05, 0.1) is 11.9 Å². The van der Waals surface area contributed by atoms with Crippen LogP contribution in [-0.2, 0) is 0 Å². The van der Waals surface area contributed by atoms with Crippen LogP contribution in [0.1, 0.15) is 5.56 Å². The van der Waals surface area contributed by atoms with Crippen LogP contribution in [0.3, 0.4) is 0 Å². The minimum Gasteiger partial charge on any atom is -0.284 e. The van der Waals surface area contributed by atoms with E-state index in [2.05, 4.69) is 14.8 Å². The van der Waals surface area contributed by atoms with E-state index >= 15 is 0 Å². The topological polar surface area (TPSA) is 29.6 Å². The predicted molar refractivity (Wildman–Crippen MR) is 114 cm³/mol. The smallest absolute Gasteiger partial charge is 0.215 e. The van der Waals surface area contributed by atoms with Gasteiger partial charge in [-0.15, -0.1) is 16.4 Å². The third kappa shape index (κ3) is 4.11. The minimum absolute atomic E-state index is 0.276. The van der Waals surface area contributed by atoms with Crippen LogP contribution >= 0.6 is 22.9 Å². The summed E-state index contributed by atoms with van der Waals surface area (Å²) in [5, 5.41) is 11.3. The molecule has 0 unspecified atom stereocenters. The highest BCUT2D eigenvalue weighted by molar-refractivity contribution is 7.07. The summed E-state index contributed by atoms with van der Waals surface area (Å²) in [5.74, 6) is -0.276. The zero-order chi connectivity index (χ0) is 19.3. The second-order valence-electron chi connectivity index (χ2n) is 5.98. The lowest BCUT2D eigenvalue weighted by atomic mass is 10.1. The SMILES string of the molecule is Fc1ccc(/C=N\N=c2/scc(-c3ccc(Cl)cc3)n2-c2ccccc2)cc1. The fraction of sp³-hybridized carbons (Fsp3) is 0. The highest BCUT2D eigenvalue weighted by Gasteiger charge is 2.10. The number of rotatable bonds is 4. The number of hydrogen-bond acceptors (Lipinski definition) is 3. The molecule has 4 rings (SSSR count). The summed E-state index contributed by atoms with van der Waals surface area (Å²) in [5.41, 5.74) is 3.81. The third-order valence-electron chi connectivity index (χ3n) is 4.08. The number of benzene rings is 3. The fourth-order valence-electron chi connectivity index (χ4n) is 2.72. The van der Waals surface area contributed by atoms with Crippen LogP contribution in [0, 0.1) is 5.82 Å². The van der Waals surface area contributed by atoms with E-state index in [-0.39, 0.29) is 5.82 Å². The molecule has 1 heterocycles. The molecule has 6 heteroatoms. The van der Waals surface area contributed by atoms with Crippen LogP contribution < -0.4 is 4.80 Å². The lowest BCUT2D eigenvalue weighted by Gasteiger charge is -2.09. The van der Waals surface area contributed by atoms with E-state index in [0.29, 0.717) is 5.02 Å². The van der Waals surface area contributed by atoms with Crippen molar-refractivity contribution in [1.82, 2.24) is 4.57 Å². The van der Waals surface area contributed by atoms with Gasteiger partial charge in [-0.25, -0.2) is 4.39 Å². The van der Waals surface area contributed by atoms with Crippen molar-refractivity contribution in [3.8, 4) is 16.9 Å². The van der Waals surface area contributed by atoms with Crippen molar-refractivity contribution in [2.45, 2.75) is 0 Å². The van der Waals surface area contributed by atoms with E-state index < -0.39 is 0 Å². The normalized spacial score (nSPS) is 12.0. The summed E-state index contributed by atoms with van der Waals surface area (Å²) in [6.45, 7) is 0. The molecule has 0 N–H and O–H groups in total. The lowest BCUT2D eigenvalue weighted by Crippen LogP contribution is -2.13. The Kier molecular flexibility index (Phi) is 5.46. The fourth-order valence-corrected chi connectivity index (χ4v) is 3.71. The van der Waals surface area contributed by atoms with Crippen molar-refractivity contribution in [2.24, 2.45) is 10.2 Å². The first kappa shape index (κ1) is 18.3. The standard InChI is InChI=1S/C22H15ClFN3S/c23-18-10-8-17(9-11-18)21-15-28-22(27(21)20-4-2-1-3-5-20)26-25-14-16-6-12-19(24)13-7-16/h1-15H/b25-14-,26-22-. The molecule has 0 aliphatic carbocycles. The molecular formula is C22H15ClFN3S. The molecule has 0 amide bonds. The maximum atomic E-state index is 13.0. The molecule has 0 aliphatic heterocycles. The van der Waals surface area contributed by atoms with Crippen molar-refractivity contribution >= 4 is 29.2 Å². The average Bonchev–Trinajstić information content (AvgIpc) is 3.14. The molecular weight excluding hydrogens is 393 g/mol. The number of thiazole rings is 1. The molecule has 0 saturated heterocycles. The van der Waals surface area contributed by atoms with Gasteiger partial charge in [-0.05, 0) is 47.5 Å². The Balaban J connectivity index is 1.79. The number of aromatic nitrogens is 1. The summed E-state index contributed by atoms with van der Waals surface area (Å²) in [7, 11) is 0. The molecule has 0 aliphatic rings. The van der Waals surface area contributed by atoms with Crippen molar-refractivity contribution in [1.29, 1.82) is 0 Å². The van der Waals surface area contributed by atoms with Crippen LogP contribution in [0.25, 0.3) is 16.9 Å². The van der Waals surface area contributed by atoms with Crippen LogP contribution in [0.15, 0.2) is 94.4 Å². The number of halogens is 2. The van der Waals surface area contributed by atoms with Crippen LogP contribution in [0.4, 0.5) is 4.39 Å². The second-order valence-corrected chi connectivity index (χ2v) is 7.25. The Hall–Kier alpha value is -3.02. The summed E-state index contributed by atoms with van der Waals surface area (Å²) in [6, 6.07) is 23.8. The Morgan fingerprint density at radius 3 is 2.32 bits per heavy atom. The highest BCUT2D eigenvalue weighted by atomic mass is 35.5. The van der Waals surface area contributed by atoms with E-state index in [0.717, 1.165) is 27.3 Å². The van der Waals surface area contributed by atoms with Gasteiger partial charge in [0.2, 0.25) is 4.80 Å². The minimum atomic E-state index is -0.276. The maximum Gasteiger partial charge on any atom is 0.215 e. The van der Waals surface area contributed by atoms with E-state index in [1.54, 1.807) is 18.3 Å². The van der Waals surface area contributed by atoms with Crippen molar-refractivity contribution in [3.05, 3.63) is 105 Å². The summed E-state index contributed by atoms with van der Waals surface area (Å²) >= 11 is 7.53. The molecule has 138 valence electrons. The van der Waals surface area contributed by atoms with E-state index in [4.69, 9.17) is 11.6 Å². The van der Waals surface area contributed by atoms with Gasteiger partial charge < -0.3 is 0 Å². The first-order valence-electron chi connectivity index (χ1n) is 8.55. The van der Waals surface area contributed by atoms with Crippen LogP contribution in [0.5, 0.6) is 0 Å². The first-order valence-corrected chi connectivity index (χ1v) is 9.81. The molecule has 0 spiro atoms. The molecule has 3 aromatic carbocycles. The van der Waals surface area contributed by atoms with E-state index in [1.807, 2.05) is 60.0 Å². The van der Waals surface area contributed by atoms with Gasteiger partial charge in [0, 0.05) is 16.1 Å². The molecule has 0 saturated carbocycles. The summed E-state index contributed by atoms with van der Waals surface area (Å²) in [4.78, 5) is 0.731. The Labute approximate surface area is 170 Å². The highest BCUT2D eigenvalue weighted by Crippen LogP contribution is 2.24. The molecule has 1 aromatic heterocycles. The molecule has 3 nitrogen and oxygen atoms in total. The predicted octanol–water partition coefficient (Wildman–Crippen LogP) is 5.93. The third-order valence-corrected chi connectivity index (χ3v) is 5.15. The number of nitrogens with zero attached hydrogens (tertiary/aromatic N) is 3. The molecule has 0 radical (unpaired) electrons. The van der Waals surface area contributed by atoms with Crippen LogP contribution in [-0.4, -0.2) is 10.8 Å². The zero-order valence-corrected chi connectivity index (χ0v) is 16.2. The van der Waals surface area contributed by atoms with Crippen molar-refractivity contribution in [3.63, 3.8) is 0 Å². The van der Waals surface area contributed by atoms with Crippen molar-refractivity contribution < 1.29 is 4.39 Å². The van der Waals surface area contributed by atoms with E-state index in [9.17, 15) is 4.39 Å². The zero-order valence-electron chi connectivity index (χ0n) is 14.7. The van der Waals surface area contributed by atoms with Crippen LogP contribution in [0.2, 0.25) is 5.02 Å². The number of para-hydroxylation sites is 1. The Morgan fingerprint density at radius 1 is 0.893 bits per heavy atom. The quantitative estimate of drug-likeness (QED) is 0.296. The monoisotopic (exact) mass is 407 g/mol. The number of hydrogen-bond donors (Lipinski definition) is 0. The molecule has 0 atom stereocenters. The molecule has 0 bridgehead atoms. The van der Waals surface area contributed by atoms with Gasteiger partial charge in [0.1, 0.15) is 5.82 Å². The molecule has 28 heavy (non-hydrogen) atoms. The summed E-state index contributed by atoms with van der Waals surface area (Å²) in [6.07, 6.45) is 1.61. The molecule has 0 fully saturated rings. The van der Waals surface area contributed by atoms with Gasteiger partial charge in [-0.1, -0.05) is 54.1 Å². The van der Waals surface area contributed by atoms with Crippen molar-refractivity contribution in [2.75, 3.05) is 0 Å². The average molecular weight is 408 g/mol. The second kappa shape index (κ2) is 8.33. The van der Waals surface area contributed by atoms with Gasteiger partial charge in [-0.2, -0.15) is 5.10 Å². The molecule has 4 aromatic rings. The summed E-state index contributed by atoms with van der Waals surface area (Å²) < 4.78 is 15.1. The van der Waals surface area contributed by atoms with Gasteiger partial charge in [0.25, 0.3) is 0 Å². The van der Waals surface area contributed by atoms with Gasteiger partial charge in [-0.3, -0.25) is 4.57 Å². The van der Waals surface area contributed by atoms with E-state index in [1.165, 1.54) is 23.5 Å². The van der Waals surface area contributed by atoms with Gasteiger partial charge >= 0.3 is 0 Å². The maximum absolute atomic E-state index is 13.0. The Morgan fingerprint density at radius 2 is 1.61 bits per heavy atom. The Bertz CT molecular complexity index is 1160. The first-order chi connectivity index (χ1) is 13.7. The largest absolute Gasteiger partial charge is 0.284 e. The lowest BCUT2D eigenvalue weighted by molar-refractivity contribution is 0.628. The van der Waals surface area contributed by atoms with Gasteiger partial charge in [0.15, 0.2) is 0 Å².